The van der Waals surface area contributed by atoms with Gasteiger partial charge in [0.1, 0.15) is 0 Å². The Labute approximate surface area is 133 Å². The van der Waals surface area contributed by atoms with Crippen LogP contribution in [0.4, 0.5) is 0 Å². The van der Waals surface area contributed by atoms with Crippen molar-refractivity contribution in [2.75, 3.05) is 6.61 Å². The zero-order chi connectivity index (χ0) is 15.6. The van der Waals surface area contributed by atoms with E-state index in [-0.39, 0.29) is 6.61 Å². The summed E-state index contributed by atoms with van der Waals surface area (Å²) in [6, 6.07) is 19.1. The third-order valence-electron chi connectivity index (χ3n) is 3.03. The summed E-state index contributed by atoms with van der Waals surface area (Å²) < 4.78 is 17.4. The van der Waals surface area contributed by atoms with Crippen LogP contribution >= 0.6 is 0 Å². The normalized spacial score (nSPS) is 14.0. The van der Waals surface area contributed by atoms with Crippen LogP contribution < -0.4 is 0 Å². The smallest absolute Gasteiger partial charge is 0.0808 e. The first-order valence-electron chi connectivity index (χ1n) is 7.18. The standard InChI is InChI=1S/C18H20O3S/c19-17(15-21-14-16-8-3-1-4-9-16)10-7-13-22(20)18-11-5-2-6-12-18/h1-9,11-13,17,19H,10,14-15H2/b13-7+. The number of ether oxygens (including phenoxy) is 1. The molecule has 2 rings (SSSR count). The molecule has 0 amide bonds. The van der Waals surface area contributed by atoms with Crippen molar-refractivity contribution >= 4 is 10.8 Å². The third-order valence-corrected chi connectivity index (χ3v) is 4.20. The highest BCUT2D eigenvalue weighted by molar-refractivity contribution is 7.88. The molecular weight excluding hydrogens is 296 g/mol. The molecule has 0 fully saturated rings. The molecule has 0 spiro atoms. The van der Waals surface area contributed by atoms with E-state index in [0.29, 0.717) is 13.0 Å². The van der Waals surface area contributed by atoms with Crippen LogP contribution in [0, 0.1) is 0 Å². The highest BCUT2D eigenvalue weighted by Crippen LogP contribution is 2.08. The molecule has 0 saturated carbocycles. The molecule has 2 aromatic rings. The quantitative estimate of drug-likeness (QED) is 0.813. The van der Waals surface area contributed by atoms with E-state index in [9.17, 15) is 9.32 Å². The van der Waals surface area contributed by atoms with Gasteiger partial charge in [-0.1, -0.05) is 54.6 Å². The lowest BCUT2D eigenvalue weighted by Crippen LogP contribution is -2.14. The maximum Gasteiger partial charge on any atom is 0.0808 e. The molecule has 2 atom stereocenters. The number of benzene rings is 2. The maximum atomic E-state index is 11.9. The Morgan fingerprint density at radius 1 is 1.05 bits per heavy atom. The molecule has 4 heteroatoms. The molecule has 1 N–H and O–H groups in total. The second-order valence-electron chi connectivity index (χ2n) is 4.87. The summed E-state index contributed by atoms with van der Waals surface area (Å²) in [5.74, 6) is 0. The van der Waals surface area contributed by atoms with E-state index < -0.39 is 16.9 Å². The van der Waals surface area contributed by atoms with Gasteiger partial charge >= 0.3 is 0 Å². The number of aliphatic hydroxyl groups excluding tert-OH is 1. The van der Waals surface area contributed by atoms with E-state index in [2.05, 4.69) is 0 Å². The molecule has 0 heterocycles. The van der Waals surface area contributed by atoms with Gasteiger partial charge in [-0.15, -0.1) is 0 Å². The lowest BCUT2D eigenvalue weighted by Gasteiger charge is -2.09. The van der Waals surface area contributed by atoms with Crippen molar-refractivity contribution in [2.45, 2.75) is 24.0 Å². The van der Waals surface area contributed by atoms with Gasteiger partial charge in [0.15, 0.2) is 0 Å². The van der Waals surface area contributed by atoms with Gasteiger partial charge in [-0.3, -0.25) is 0 Å². The van der Waals surface area contributed by atoms with Gasteiger partial charge in [0.05, 0.1) is 30.1 Å². The van der Waals surface area contributed by atoms with E-state index in [1.165, 1.54) is 0 Å². The van der Waals surface area contributed by atoms with Gasteiger partial charge in [-0.05, 0) is 24.1 Å². The van der Waals surface area contributed by atoms with Crippen LogP contribution in [-0.2, 0) is 22.1 Å². The van der Waals surface area contributed by atoms with Crippen LogP contribution in [0.2, 0.25) is 0 Å². The highest BCUT2D eigenvalue weighted by Gasteiger charge is 2.03. The van der Waals surface area contributed by atoms with Gasteiger partial charge in [0.2, 0.25) is 0 Å². The van der Waals surface area contributed by atoms with E-state index in [0.717, 1.165) is 10.5 Å². The Hall–Kier alpha value is -1.75. The first-order chi connectivity index (χ1) is 10.8. The molecule has 2 unspecified atom stereocenters. The van der Waals surface area contributed by atoms with Gasteiger partial charge in [-0.25, -0.2) is 4.21 Å². The minimum Gasteiger partial charge on any atom is -0.390 e. The fraction of sp³-hybridized carbons (Fsp3) is 0.222. The van der Waals surface area contributed by atoms with E-state index >= 15 is 0 Å². The average molecular weight is 316 g/mol. The number of hydrogen-bond acceptors (Lipinski definition) is 3. The van der Waals surface area contributed by atoms with Crippen LogP contribution in [0.3, 0.4) is 0 Å². The molecule has 0 aliphatic carbocycles. The van der Waals surface area contributed by atoms with E-state index in [1.54, 1.807) is 11.5 Å². The molecule has 22 heavy (non-hydrogen) atoms. The van der Waals surface area contributed by atoms with Crippen molar-refractivity contribution in [3.8, 4) is 0 Å². The highest BCUT2D eigenvalue weighted by atomic mass is 32.2. The molecule has 0 aromatic heterocycles. The number of hydrogen-bond donors (Lipinski definition) is 1. The second kappa shape index (κ2) is 9.30. The van der Waals surface area contributed by atoms with Crippen LogP contribution in [0.15, 0.2) is 77.0 Å². The zero-order valence-corrected chi connectivity index (χ0v) is 13.1. The van der Waals surface area contributed by atoms with Crippen LogP contribution in [-0.4, -0.2) is 22.0 Å². The van der Waals surface area contributed by atoms with Crippen LogP contribution in [0.25, 0.3) is 0 Å². The monoisotopic (exact) mass is 316 g/mol. The van der Waals surface area contributed by atoms with Gasteiger partial charge < -0.3 is 9.84 Å². The van der Waals surface area contributed by atoms with Crippen molar-refractivity contribution in [1.29, 1.82) is 0 Å². The Morgan fingerprint density at radius 2 is 1.68 bits per heavy atom. The van der Waals surface area contributed by atoms with Gasteiger partial charge in [-0.2, -0.15) is 0 Å². The first kappa shape index (κ1) is 16.6. The second-order valence-corrected chi connectivity index (χ2v) is 6.21. The number of aliphatic hydroxyl groups is 1. The average Bonchev–Trinajstić information content (AvgIpc) is 2.56. The molecule has 3 nitrogen and oxygen atoms in total. The summed E-state index contributed by atoms with van der Waals surface area (Å²) in [5, 5.41) is 11.4. The Kier molecular flexibility index (Phi) is 7.03. The lowest BCUT2D eigenvalue weighted by molar-refractivity contribution is 0.0301. The van der Waals surface area contributed by atoms with Crippen LogP contribution in [0.5, 0.6) is 0 Å². The van der Waals surface area contributed by atoms with Crippen molar-refractivity contribution in [3.05, 3.63) is 77.7 Å². The first-order valence-corrected chi connectivity index (χ1v) is 8.39. The molecule has 0 bridgehead atoms. The largest absolute Gasteiger partial charge is 0.390 e. The topological polar surface area (TPSA) is 46.5 Å². The summed E-state index contributed by atoms with van der Waals surface area (Å²) >= 11 is 0. The third kappa shape index (κ3) is 5.93. The van der Waals surface area contributed by atoms with Crippen molar-refractivity contribution in [3.63, 3.8) is 0 Å². The maximum absolute atomic E-state index is 11.9. The minimum absolute atomic E-state index is 0.261. The summed E-state index contributed by atoms with van der Waals surface area (Å²) in [4.78, 5) is 0.758. The molecular formula is C18H20O3S. The van der Waals surface area contributed by atoms with Crippen LogP contribution in [0.1, 0.15) is 12.0 Å². The molecule has 116 valence electrons. The van der Waals surface area contributed by atoms with Crippen molar-refractivity contribution in [1.82, 2.24) is 0 Å². The van der Waals surface area contributed by atoms with E-state index in [4.69, 9.17) is 4.74 Å². The Morgan fingerprint density at radius 3 is 2.36 bits per heavy atom. The SMILES string of the molecule is O=S(/C=C/CC(O)COCc1ccccc1)c1ccccc1. The van der Waals surface area contributed by atoms with Gasteiger partial charge in [0, 0.05) is 10.3 Å². The molecule has 0 radical (unpaired) electrons. The number of rotatable bonds is 8. The summed E-state index contributed by atoms with van der Waals surface area (Å²) in [5.41, 5.74) is 1.08. The predicted octanol–water partition coefficient (Wildman–Crippen LogP) is 3.28. The fourth-order valence-corrected chi connectivity index (χ4v) is 2.76. The summed E-state index contributed by atoms with van der Waals surface area (Å²) in [7, 11) is -1.17. The molecule has 0 aliphatic heterocycles. The molecule has 0 aliphatic rings. The zero-order valence-electron chi connectivity index (χ0n) is 12.3. The van der Waals surface area contributed by atoms with Gasteiger partial charge in [0.25, 0.3) is 0 Å². The minimum atomic E-state index is -1.17. The Bertz CT molecular complexity index is 596. The predicted molar refractivity (Wildman–Crippen MR) is 88.7 cm³/mol. The summed E-state index contributed by atoms with van der Waals surface area (Å²) in [6.07, 6.45) is 1.57. The molecule has 2 aromatic carbocycles. The van der Waals surface area contributed by atoms with Crippen molar-refractivity contribution in [2.24, 2.45) is 0 Å². The van der Waals surface area contributed by atoms with E-state index in [1.807, 2.05) is 60.7 Å². The fourth-order valence-electron chi connectivity index (χ4n) is 1.89. The Balaban J connectivity index is 1.68. The van der Waals surface area contributed by atoms with Crippen molar-refractivity contribution < 1.29 is 14.1 Å². The molecule has 0 saturated heterocycles. The summed E-state index contributed by atoms with van der Waals surface area (Å²) in [6.45, 7) is 0.745. The lowest BCUT2D eigenvalue weighted by atomic mass is 10.2.